The molecule has 0 saturated carbocycles. The second-order valence-electron chi connectivity index (χ2n) is 3.34. The molecule has 0 radical (unpaired) electrons. The minimum atomic E-state index is 0.594. The summed E-state index contributed by atoms with van der Waals surface area (Å²) in [5.41, 5.74) is 1.51. The Morgan fingerprint density at radius 3 is 3.17 bits per heavy atom. The topological polar surface area (TPSA) is 3.24 Å². The van der Waals surface area contributed by atoms with E-state index < -0.39 is 0 Å². The number of nitrogens with zero attached hydrogens (tertiary/aromatic N) is 1. The van der Waals surface area contributed by atoms with Gasteiger partial charge in [-0.3, -0.25) is 4.90 Å². The van der Waals surface area contributed by atoms with Gasteiger partial charge >= 0.3 is 0 Å². The third-order valence-electron chi connectivity index (χ3n) is 2.61. The highest BCUT2D eigenvalue weighted by Gasteiger charge is 2.22. The zero-order valence-corrected chi connectivity index (χ0v) is 9.70. The van der Waals surface area contributed by atoms with E-state index >= 15 is 0 Å². The molecule has 1 aliphatic heterocycles. The zero-order valence-electron chi connectivity index (χ0n) is 7.30. The number of thiophene rings is 1. The number of likely N-dealkylation sites (N-methyl/N-ethyl adjacent to an activating group) is 1. The van der Waals surface area contributed by atoms with Crippen LogP contribution in [0.15, 0.2) is 9.85 Å². The van der Waals surface area contributed by atoms with E-state index in [-0.39, 0.29) is 0 Å². The van der Waals surface area contributed by atoms with Crippen LogP contribution in [0.2, 0.25) is 0 Å². The molecule has 3 heteroatoms. The molecule has 1 aromatic heterocycles. The Labute approximate surface area is 85.5 Å². The molecule has 1 atom stereocenters. The van der Waals surface area contributed by atoms with Crippen LogP contribution in [-0.4, -0.2) is 18.5 Å². The predicted octanol–water partition coefficient (Wildman–Crippen LogP) is 3.06. The number of halogens is 1. The minimum Gasteiger partial charge on any atom is -0.299 e. The number of fused-ring (bicyclic) bond motifs is 1. The lowest BCUT2D eigenvalue weighted by molar-refractivity contribution is 0.250. The average molecular weight is 246 g/mol. The van der Waals surface area contributed by atoms with E-state index in [1.807, 2.05) is 11.3 Å². The maximum absolute atomic E-state index is 3.54. The van der Waals surface area contributed by atoms with Crippen molar-refractivity contribution in [2.45, 2.75) is 19.4 Å². The van der Waals surface area contributed by atoms with Crippen LogP contribution >= 0.6 is 27.3 Å². The molecule has 0 fully saturated rings. The Kier molecular flexibility index (Phi) is 2.27. The van der Waals surface area contributed by atoms with Gasteiger partial charge in [0.2, 0.25) is 0 Å². The maximum atomic E-state index is 3.54. The van der Waals surface area contributed by atoms with E-state index in [0.717, 1.165) is 0 Å². The van der Waals surface area contributed by atoms with Crippen molar-refractivity contribution in [1.29, 1.82) is 0 Å². The van der Waals surface area contributed by atoms with E-state index in [0.29, 0.717) is 6.04 Å². The molecule has 2 heterocycles. The summed E-state index contributed by atoms with van der Waals surface area (Å²) >= 11 is 5.43. The SMILES string of the molecule is CC1c2cc(Br)sc2CCN1C. The first-order valence-corrected chi connectivity index (χ1v) is 5.78. The smallest absolute Gasteiger partial charge is 0.0704 e. The van der Waals surface area contributed by atoms with Gasteiger partial charge in [0.05, 0.1) is 3.79 Å². The molecule has 1 unspecified atom stereocenters. The van der Waals surface area contributed by atoms with Gasteiger partial charge in [-0.15, -0.1) is 11.3 Å². The van der Waals surface area contributed by atoms with Crippen molar-refractivity contribution in [1.82, 2.24) is 4.90 Å². The van der Waals surface area contributed by atoms with Gasteiger partial charge in [0.25, 0.3) is 0 Å². The van der Waals surface area contributed by atoms with Gasteiger partial charge in [-0.25, -0.2) is 0 Å². The molecule has 12 heavy (non-hydrogen) atoms. The van der Waals surface area contributed by atoms with Crippen LogP contribution in [0.4, 0.5) is 0 Å². The van der Waals surface area contributed by atoms with E-state index in [2.05, 4.69) is 40.9 Å². The van der Waals surface area contributed by atoms with Crippen LogP contribution in [0.3, 0.4) is 0 Å². The van der Waals surface area contributed by atoms with Crippen LogP contribution in [-0.2, 0) is 6.42 Å². The van der Waals surface area contributed by atoms with Gasteiger partial charge in [0.15, 0.2) is 0 Å². The molecule has 0 saturated heterocycles. The molecule has 1 aliphatic rings. The van der Waals surface area contributed by atoms with Crippen molar-refractivity contribution in [2.75, 3.05) is 13.6 Å². The quantitative estimate of drug-likeness (QED) is 0.680. The van der Waals surface area contributed by atoms with Crippen LogP contribution < -0.4 is 0 Å². The van der Waals surface area contributed by atoms with Crippen molar-refractivity contribution in [3.8, 4) is 0 Å². The summed E-state index contributed by atoms with van der Waals surface area (Å²) in [6.45, 7) is 3.47. The Morgan fingerprint density at radius 1 is 1.67 bits per heavy atom. The van der Waals surface area contributed by atoms with Crippen molar-refractivity contribution in [3.63, 3.8) is 0 Å². The van der Waals surface area contributed by atoms with Crippen LogP contribution in [0.5, 0.6) is 0 Å². The predicted molar refractivity (Wildman–Crippen MR) is 56.8 cm³/mol. The number of hydrogen-bond donors (Lipinski definition) is 0. The Balaban J connectivity index is 2.41. The maximum Gasteiger partial charge on any atom is 0.0704 e. The molecule has 2 rings (SSSR count). The van der Waals surface area contributed by atoms with E-state index in [4.69, 9.17) is 0 Å². The lowest BCUT2D eigenvalue weighted by Crippen LogP contribution is -2.29. The summed E-state index contributed by atoms with van der Waals surface area (Å²) in [5, 5.41) is 0. The fraction of sp³-hybridized carbons (Fsp3) is 0.556. The summed E-state index contributed by atoms with van der Waals surface area (Å²) in [6.07, 6.45) is 1.21. The molecule has 0 N–H and O–H groups in total. The Morgan fingerprint density at radius 2 is 2.42 bits per heavy atom. The van der Waals surface area contributed by atoms with E-state index in [1.165, 1.54) is 22.3 Å². The first-order chi connectivity index (χ1) is 5.68. The van der Waals surface area contributed by atoms with Gasteiger partial charge in [-0.2, -0.15) is 0 Å². The minimum absolute atomic E-state index is 0.594. The van der Waals surface area contributed by atoms with Crippen molar-refractivity contribution in [3.05, 3.63) is 20.3 Å². The van der Waals surface area contributed by atoms with Crippen molar-refractivity contribution >= 4 is 27.3 Å². The van der Waals surface area contributed by atoms with Gasteiger partial charge in [-0.05, 0) is 48.0 Å². The van der Waals surface area contributed by atoms with Crippen molar-refractivity contribution < 1.29 is 0 Å². The molecule has 0 amide bonds. The van der Waals surface area contributed by atoms with Gasteiger partial charge in [0.1, 0.15) is 0 Å². The zero-order chi connectivity index (χ0) is 8.72. The third kappa shape index (κ3) is 1.34. The highest BCUT2D eigenvalue weighted by Crippen LogP contribution is 2.36. The Bertz CT molecular complexity index is 295. The second-order valence-corrected chi connectivity index (χ2v) is 5.85. The molecule has 66 valence electrons. The molecule has 1 aromatic rings. The number of rotatable bonds is 0. The third-order valence-corrected chi connectivity index (χ3v) is 4.33. The van der Waals surface area contributed by atoms with Crippen LogP contribution in [0.1, 0.15) is 23.4 Å². The summed E-state index contributed by atoms with van der Waals surface area (Å²) in [5.74, 6) is 0. The molecule has 1 nitrogen and oxygen atoms in total. The highest BCUT2D eigenvalue weighted by atomic mass is 79.9. The summed E-state index contributed by atoms with van der Waals surface area (Å²) in [6, 6.07) is 2.86. The molecule has 0 bridgehead atoms. The summed E-state index contributed by atoms with van der Waals surface area (Å²) in [4.78, 5) is 3.97. The summed E-state index contributed by atoms with van der Waals surface area (Å²) in [7, 11) is 2.19. The lowest BCUT2D eigenvalue weighted by Gasteiger charge is -2.29. The standard InChI is InChI=1S/C9H12BrNS/c1-6-7-5-9(10)12-8(7)3-4-11(6)2/h5-6H,3-4H2,1-2H3. The van der Waals surface area contributed by atoms with Crippen LogP contribution in [0, 0.1) is 0 Å². The first-order valence-electron chi connectivity index (χ1n) is 4.17. The van der Waals surface area contributed by atoms with E-state index in [1.54, 1.807) is 4.88 Å². The molecule has 0 spiro atoms. The van der Waals surface area contributed by atoms with Crippen molar-refractivity contribution in [2.24, 2.45) is 0 Å². The van der Waals surface area contributed by atoms with Crippen LogP contribution in [0.25, 0.3) is 0 Å². The van der Waals surface area contributed by atoms with Gasteiger partial charge in [-0.1, -0.05) is 0 Å². The Hall–Kier alpha value is 0.140. The first kappa shape index (κ1) is 8.73. The molecule has 0 aromatic carbocycles. The molecular weight excluding hydrogens is 234 g/mol. The average Bonchev–Trinajstić information content (AvgIpc) is 2.39. The van der Waals surface area contributed by atoms with Gasteiger partial charge in [0, 0.05) is 17.5 Å². The lowest BCUT2D eigenvalue weighted by atomic mass is 10.0. The number of hydrogen-bond acceptors (Lipinski definition) is 2. The molecule has 0 aliphatic carbocycles. The normalized spacial score (nSPS) is 24.1. The van der Waals surface area contributed by atoms with E-state index in [9.17, 15) is 0 Å². The van der Waals surface area contributed by atoms with Gasteiger partial charge < -0.3 is 0 Å². The fourth-order valence-corrected chi connectivity index (χ4v) is 3.46. The largest absolute Gasteiger partial charge is 0.299 e. The highest BCUT2D eigenvalue weighted by molar-refractivity contribution is 9.11. The molecular formula is C9H12BrNS. The second kappa shape index (κ2) is 3.13. The summed E-state index contributed by atoms with van der Waals surface area (Å²) < 4.78 is 1.27. The monoisotopic (exact) mass is 245 g/mol. The fourth-order valence-electron chi connectivity index (χ4n) is 1.67.